The van der Waals surface area contributed by atoms with Gasteiger partial charge in [-0.1, -0.05) is 6.07 Å². The van der Waals surface area contributed by atoms with E-state index in [4.69, 9.17) is 5.73 Å². The lowest BCUT2D eigenvalue weighted by Gasteiger charge is -2.21. The molecule has 2 N–H and O–H groups in total. The van der Waals surface area contributed by atoms with Crippen molar-refractivity contribution in [1.29, 1.82) is 0 Å². The topological polar surface area (TPSA) is 80.5 Å². The highest BCUT2D eigenvalue weighted by atomic mass is 32.2. The van der Waals surface area contributed by atoms with Crippen molar-refractivity contribution in [3.8, 4) is 0 Å². The molecule has 1 amide bonds. The van der Waals surface area contributed by atoms with Crippen LogP contribution in [0.3, 0.4) is 0 Å². The van der Waals surface area contributed by atoms with Gasteiger partial charge in [0, 0.05) is 24.9 Å². The molecule has 5 nitrogen and oxygen atoms in total. The molecule has 0 bridgehead atoms. The number of sulfone groups is 1. The number of hydrogen-bond donors (Lipinski definition) is 1. The first kappa shape index (κ1) is 16.5. The molecule has 20 heavy (non-hydrogen) atoms. The quantitative estimate of drug-likeness (QED) is 0.841. The molecule has 0 aliphatic carbocycles. The molecule has 1 aromatic carbocycles. The predicted molar refractivity (Wildman–Crippen MR) is 70.5 cm³/mol. The van der Waals surface area contributed by atoms with E-state index in [0.717, 1.165) is 11.2 Å². The van der Waals surface area contributed by atoms with Gasteiger partial charge in [-0.3, -0.25) is 4.79 Å². The summed E-state index contributed by atoms with van der Waals surface area (Å²) in [6.45, 7) is -0.713. The molecule has 0 radical (unpaired) electrons. The fourth-order valence-corrected chi connectivity index (χ4v) is 2.31. The number of alkyl halides is 2. The first-order chi connectivity index (χ1) is 9.25. The molecule has 0 saturated heterocycles. The highest BCUT2D eigenvalue weighted by Crippen LogP contribution is 2.14. The van der Waals surface area contributed by atoms with Crippen LogP contribution in [0.1, 0.15) is 10.4 Å². The predicted octanol–water partition coefficient (Wildman–Crippen LogP) is 0.756. The van der Waals surface area contributed by atoms with E-state index >= 15 is 0 Å². The molecule has 0 spiro atoms. The Morgan fingerprint density at radius 2 is 2.05 bits per heavy atom. The molecule has 0 aliphatic heterocycles. The Balaban J connectivity index is 3.06. The van der Waals surface area contributed by atoms with E-state index in [2.05, 4.69) is 0 Å². The summed E-state index contributed by atoms with van der Waals surface area (Å²) in [6.07, 6.45) is -1.67. The van der Waals surface area contributed by atoms with Gasteiger partial charge < -0.3 is 10.6 Å². The monoisotopic (exact) mass is 306 g/mol. The smallest absolute Gasteiger partial charge is 0.255 e. The van der Waals surface area contributed by atoms with Crippen molar-refractivity contribution >= 4 is 15.7 Å². The Hall–Kier alpha value is -1.54. The van der Waals surface area contributed by atoms with Gasteiger partial charge in [0.1, 0.15) is 0 Å². The summed E-state index contributed by atoms with van der Waals surface area (Å²) < 4.78 is 47.7. The van der Waals surface area contributed by atoms with Gasteiger partial charge in [0.15, 0.2) is 9.84 Å². The molecule has 1 aromatic rings. The Kier molecular flexibility index (Phi) is 5.58. The van der Waals surface area contributed by atoms with Crippen LogP contribution in [0, 0.1) is 0 Å². The van der Waals surface area contributed by atoms with Gasteiger partial charge in [-0.25, -0.2) is 17.2 Å². The molecule has 0 saturated carbocycles. The van der Waals surface area contributed by atoms with Crippen LogP contribution in [0.25, 0.3) is 0 Å². The lowest BCUT2D eigenvalue weighted by molar-refractivity contribution is 0.0563. The summed E-state index contributed by atoms with van der Waals surface area (Å²) >= 11 is 0. The second-order valence-electron chi connectivity index (χ2n) is 4.23. The van der Waals surface area contributed by atoms with Gasteiger partial charge in [-0.15, -0.1) is 0 Å². The summed E-state index contributed by atoms with van der Waals surface area (Å²) in [4.78, 5) is 13.0. The van der Waals surface area contributed by atoms with Crippen LogP contribution in [-0.4, -0.2) is 51.5 Å². The fraction of sp³-hybridized carbons (Fsp3) is 0.417. The molecular formula is C12H16F2N2O3S. The lowest BCUT2D eigenvalue weighted by Crippen LogP contribution is -2.38. The van der Waals surface area contributed by atoms with E-state index in [0.29, 0.717) is 0 Å². The Labute approximate surface area is 116 Å². The highest BCUT2D eigenvalue weighted by Gasteiger charge is 2.20. The second-order valence-corrected chi connectivity index (χ2v) is 6.25. The Bertz CT molecular complexity index is 576. The van der Waals surface area contributed by atoms with E-state index in [1.54, 1.807) is 0 Å². The first-order valence-corrected chi connectivity index (χ1v) is 7.72. The number of carbonyl (C=O) groups is 1. The lowest BCUT2D eigenvalue weighted by atomic mass is 10.2. The number of rotatable bonds is 6. The van der Waals surface area contributed by atoms with E-state index in [1.165, 1.54) is 24.3 Å². The van der Waals surface area contributed by atoms with Gasteiger partial charge in [0.05, 0.1) is 11.4 Å². The Morgan fingerprint density at radius 1 is 1.40 bits per heavy atom. The number of nitrogens with zero attached hydrogens (tertiary/aromatic N) is 1. The first-order valence-electron chi connectivity index (χ1n) is 5.83. The molecule has 8 heteroatoms. The minimum Gasteiger partial charge on any atom is -0.332 e. The van der Waals surface area contributed by atoms with Gasteiger partial charge in [0.2, 0.25) is 0 Å². The third kappa shape index (κ3) is 4.53. The van der Waals surface area contributed by atoms with E-state index in [1.807, 2.05) is 0 Å². The maximum atomic E-state index is 12.4. The number of benzene rings is 1. The number of nitrogens with two attached hydrogens (primary N) is 1. The van der Waals surface area contributed by atoms with Gasteiger partial charge in [-0.05, 0) is 18.2 Å². The molecule has 0 fully saturated rings. The second kappa shape index (κ2) is 6.76. The third-order valence-corrected chi connectivity index (χ3v) is 3.66. The normalized spacial score (nSPS) is 11.7. The zero-order valence-corrected chi connectivity index (χ0v) is 11.7. The number of carbonyl (C=O) groups excluding carboxylic acids is 1. The summed E-state index contributed by atoms with van der Waals surface area (Å²) in [5.41, 5.74) is 5.33. The maximum Gasteiger partial charge on any atom is 0.255 e. The van der Waals surface area contributed by atoms with Gasteiger partial charge >= 0.3 is 0 Å². The van der Waals surface area contributed by atoms with Crippen molar-refractivity contribution in [2.24, 2.45) is 5.73 Å². The van der Waals surface area contributed by atoms with Crippen molar-refractivity contribution in [1.82, 2.24) is 4.90 Å². The van der Waals surface area contributed by atoms with Crippen molar-refractivity contribution in [2.75, 3.05) is 25.9 Å². The van der Waals surface area contributed by atoms with Crippen LogP contribution in [0.5, 0.6) is 0 Å². The van der Waals surface area contributed by atoms with Crippen LogP contribution in [0.15, 0.2) is 29.2 Å². The zero-order valence-electron chi connectivity index (χ0n) is 10.9. The van der Waals surface area contributed by atoms with Crippen LogP contribution in [0.4, 0.5) is 8.78 Å². The number of halogens is 2. The fourth-order valence-electron chi connectivity index (χ4n) is 1.64. The van der Waals surface area contributed by atoms with Crippen LogP contribution in [-0.2, 0) is 9.84 Å². The van der Waals surface area contributed by atoms with E-state index in [9.17, 15) is 22.0 Å². The molecule has 1 rings (SSSR count). The molecular weight excluding hydrogens is 290 g/mol. The van der Waals surface area contributed by atoms with E-state index in [-0.39, 0.29) is 23.5 Å². The average Bonchev–Trinajstić information content (AvgIpc) is 2.36. The van der Waals surface area contributed by atoms with Crippen LogP contribution >= 0.6 is 0 Å². The molecule has 0 aromatic heterocycles. The van der Waals surface area contributed by atoms with Crippen LogP contribution < -0.4 is 5.73 Å². The average molecular weight is 306 g/mol. The zero-order chi connectivity index (χ0) is 15.3. The summed E-state index contributed by atoms with van der Waals surface area (Å²) in [5.74, 6) is -0.666. The van der Waals surface area contributed by atoms with Crippen molar-refractivity contribution < 1.29 is 22.0 Å². The SMILES string of the molecule is CS(=O)(=O)c1cccc(C(=O)N(CCN)CC(F)F)c1. The Morgan fingerprint density at radius 3 is 2.55 bits per heavy atom. The summed E-state index contributed by atoms with van der Waals surface area (Å²) in [5, 5.41) is 0. The maximum absolute atomic E-state index is 12.4. The van der Waals surface area contributed by atoms with E-state index < -0.39 is 28.7 Å². The van der Waals surface area contributed by atoms with Crippen LogP contribution in [0.2, 0.25) is 0 Å². The largest absolute Gasteiger partial charge is 0.332 e. The van der Waals surface area contributed by atoms with Gasteiger partial charge in [-0.2, -0.15) is 0 Å². The summed E-state index contributed by atoms with van der Waals surface area (Å²) in [7, 11) is -3.46. The minimum absolute atomic E-state index is 0.0216. The number of hydrogen-bond acceptors (Lipinski definition) is 4. The van der Waals surface area contributed by atoms with Crippen molar-refractivity contribution in [3.05, 3.63) is 29.8 Å². The molecule has 0 unspecified atom stereocenters. The van der Waals surface area contributed by atoms with Crippen molar-refractivity contribution in [2.45, 2.75) is 11.3 Å². The summed E-state index contributed by atoms with van der Waals surface area (Å²) in [6, 6.07) is 5.29. The molecule has 112 valence electrons. The van der Waals surface area contributed by atoms with Gasteiger partial charge in [0.25, 0.3) is 12.3 Å². The highest BCUT2D eigenvalue weighted by molar-refractivity contribution is 7.90. The molecule has 0 heterocycles. The molecule has 0 aliphatic rings. The van der Waals surface area contributed by atoms with Crippen molar-refractivity contribution in [3.63, 3.8) is 0 Å². The third-order valence-electron chi connectivity index (χ3n) is 2.55. The standard InChI is InChI=1S/C12H16F2N2O3S/c1-20(18,19)10-4-2-3-9(7-10)12(17)16(6-5-15)8-11(13)14/h2-4,7,11H,5-6,8,15H2,1H3. The minimum atomic E-state index is -3.46. The molecule has 0 atom stereocenters. The number of amides is 1.